The monoisotopic (exact) mass is 285 g/mol. The Morgan fingerprint density at radius 2 is 2.05 bits per heavy atom. The lowest BCUT2D eigenvalue weighted by Gasteiger charge is -2.33. The largest absolute Gasteiger partial charge is 0.465 e. The van der Waals surface area contributed by atoms with Crippen LogP contribution in [0.4, 0.5) is 4.79 Å². The van der Waals surface area contributed by atoms with Gasteiger partial charge in [0.15, 0.2) is 0 Å². The van der Waals surface area contributed by atoms with E-state index in [9.17, 15) is 14.4 Å². The molecule has 0 saturated carbocycles. The molecule has 2 N–H and O–H groups in total. The molecule has 3 amide bonds. The van der Waals surface area contributed by atoms with Crippen molar-refractivity contribution in [3.63, 3.8) is 0 Å². The molecular formula is C13H23N3O4. The van der Waals surface area contributed by atoms with Gasteiger partial charge in [-0.25, -0.2) is 4.79 Å². The highest BCUT2D eigenvalue weighted by atomic mass is 16.5. The number of likely N-dealkylation sites (tertiary alicyclic amines) is 1. The van der Waals surface area contributed by atoms with Crippen molar-refractivity contribution in [3.8, 4) is 0 Å². The summed E-state index contributed by atoms with van der Waals surface area (Å²) in [6, 6.07) is -0.504. The number of piperidine rings is 1. The molecule has 1 aliphatic heterocycles. The van der Waals surface area contributed by atoms with Gasteiger partial charge in [-0.1, -0.05) is 0 Å². The molecule has 0 radical (unpaired) electrons. The van der Waals surface area contributed by atoms with E-state index in [1.807, 2.05) is 6.92 Å². The van der Waals surface area contributed by atoms with Crippen molar-refractivity contribution in [2.75, 3.05) is 32.8 Å². The molecule has 1 aliphatic rings. The van der Waals surface area contributed by atoms with Crippen molar-refractivity contribution in [1.82, 2.24) is 9.80 Å². The average molecular weight is 285 g/mol. The first-order valence-corrected chi connectivity index (χ1v) is 6.98. The van der Waals surface area contributed by atoms with Gasteiger partial charge in [-0.3, -0.25) is 9.59 Å². The zero-order valence-electron chi connectivity index (χ0n) is 12.1. The zero-order chi connectivity index (χ0) is 15.1. The van der Waals surface area contributed by atoms with E-state index in [2.05, 4.69) is 0 Å². The Balaban J connectivity index is 2.61. The minimum Gasteiger partial charge on any atom is -0.465 e. The number of hydrogen-bond acceptors (Lipinski definition) is 4. The van der Waals surface area contributed by atoms with Crippen LogP contribution in [0.3, 0.4) is 0 Å². The standard InChI is InChI=1S/C13H23N3O4/c1-3-15(9-11(17)20-4-2)12(18)10-6-5-7-16(8-10)13(14)19/h10H,3-9H2,1-2H3,(H2,14,19). The first kappa shape index (κ1) is 16.3. The number of carbonyl (C=O) groups is 3. The summed E-state index contributed by atoms with van der Waals surface area (Å²) in [7, 11) is 0. The van der Waals surface area contributed by atoms with Gasteiger partial charge in [0.2, 0.25) is 5.91 Å². The molecule has 20 heavy (non-hydrogen) atoms. The van der Waals surface area contributed by atoms with Crippen LogP contribution in [-0.4, -0.2) is 60.5 Å². The number of urea groups is 1. The summed E-state index contributed by atoms with van der Waals surface area (Å²) in [4.78, 5) is 38.0. The van der Waals surface area contributed by atoms with Gasteiger partial charge in [-0.2, -0.15) is 0 Å². The summed E-state index contributed by atoms with van der Waals surface area (Å²) in [6.07, 6.45) is 1.46. The summed E-state index contributed by atoms with van der Waals surface area (Å²) < 4.78 is 4.85. The van der Waals surface area contributed by atoms with Crippen LogP contribution < -0.4 is 5.73 Å². The van der Waals surface area contributed by atoms with E-state index < -0.39 is 12.0 Å². The maximum atomic E-state index is 12.4. The highest BCUT2D eigenvalue weighted by Gasteiger charge is 2.30. The Hall–Kier alpha value is -1.79. The van der Waals surface area contributed by atoms with E-state index in [0.29, 0.717) is 32.7 Å². The predicted octanol–water partition coefficient (Wildman–Crippen LogP) is 0.189. The fourth-order valence-electron chi connectivity index (χ4n) is 2.35. The first-order valence-electron chi connectivity index (χ1n) is 6.98. The third kappa shape index (κ3) is 4.40. The van der Waals surface area contributed by atoms with E-state index in [0.717, 1.165) is 6.42 Å². The maximum absolute atomic E-state index is 12.4. The third-order valence-corrected chi connectivity index (χ3v) is 3.40. The minimum absolute atomic E-state index is 0.0454. The SMILES string of the molecule is CCOC(=O)CN(CC)C(=O)C1CCCN(C(N)=O)C1. The summed E-state index contributed by atoms with van der Waals surface area (Å²) in [5.41, 5.74) is 5.25. The fourth-order valence-corrected chi connectivity index (χ4v) is 2.35. The molecule has 0 bridgehead atoms. The molecule has 7 heteroatoms. The van der Waals surface area contributed by atoms with E-state index in [1.54, 1.807) is 6.92 Å². The van der Waals surface area contributed by atoms with Crippen LogP contribution in [0.1, 0.15) is 26.7 Å². The van der Waals surface area contributed by atoms with E-state index >= 15 is 0 Å². The second-order valence-corrected chi connectivity index (χ2v) is 4.78. The smallest absolute Gasteiger partial charge is 0.325 e. The Kier molecular flexibility index (Phi) is 6.27. The second-order valence-electron chi connectivity index (χ2n) is 4.78. The topological polar surface area (TPSA) is 92.9 Å². The number of likely N-dealkylation sites (N-methyl/N-ethyl adjacent to an activating group) is 1. The number of nitrogens with zero attached hydrogens (tertiary/aromatic N) is 2. The Morgan fingerprint density at radius 3 is 2.60 bits per heavy atom. The molecular weight excluding hydrogens is 262 g/mol. The Morgan fingerprint density at radius 1 is 1.35 bits per heavy atom. The fraction of sp³-hybridized carbons (Fsp3) is 0.769. The summed E-state index contributed by atoms with van der Waals surface area (Å²) in [5.74, 6) is -0.817. The van der Waals surface area contributed by atoms with Crippen LogP contribution in [0.5, 0.6) is 0 Å². The highest BCUT2D eigenvalue weighted by Crippen LogP contribution is 2.18. The molecule has 0 aromatic carbocycles. The van der Waals surface area contributed by atoms with Gasteiger partial charge in [0.05, 0.1) is 12.5 Å². The molecule has 1 heterocycles. The lowest BCUT2D eigenvalue weighted by Crippen LogP contribution is -2.49. The van der Waals surface area contributed by atoms with Crippen LogP contribution in [-0.2, 0) is 14.3 Å². The number of rotatable bonds is 5. The summed E-state index contributed by atoms with van der Waals surface area (Å²) in [6.45, 7) is 5.13. The van der Waals surface area contributed by atoms with Gasteiger partial charge < -0.3 is 20.3 Å². The molecule has 0 aliphatic carbocycles. The van der Waals surface area contributed by atoms with Gasteiger partial charge in [0, 0.05) is 19.6 Å². The van der Waals surface area contributed by atoms with Gasteiger partial charge in [-0.05, 0) is 26.7 Å². The first-order chi connectivity index (χ1) is 9.49. The Bertz CT molecular complexity index is 373. The average Bonchev–Trinajstić information content (AvgIpc) is 2.44. The number of hydrogen-bond donors (Lipinski definition) is 1. The molecule has 1 atom stereocenters. The third-order valence-electron chi connectivity index (χ3n) is 3.40. The predicted molar refractivity (Wildman–Crippen MR) is 72.8 cm³/mol. The Labute approximate surface area is 119 Å². The van der Waals surface area contributed by atoms with E-state index in [-0.39, 0.29) is 18.4 Å². The zero-order valence-corrected chi connectivity index (χ0v) is 12.1. The summed E-state index contributed by atoms with van der Waals surface area (Å²) >= 11 is 0. The van der Waals surface area contributed by atoms with Crippen LogP contribution in [0, 0.1) is 5.92 Å². The second kappa shape index (κ2) is 7.72. The van der Waals surface area contributed by atoms with Gasteiger partial charge >= 0.3 is 12.0 Å². The van der Waals surface area contributed by atoms with E-state index in [1.165, 1.54) is 9.80 Å². The molecule has 0 aromatic rings. The number of nitrogens with two attached hydrogens (primary N) is 1. The number of primary amides is 1. The quantitative estimate of drug-likeness (QED) is 0.730. The van der Waals surface area contributed by atoms with Crippen molar-refractivity contribution in [2.45, 2.75) is 26.7 Å². The maximum Gasteiger partial charge on any atom is 0.325 e. The van der Waals surface area contributed by atoms with Crippen LogP contribution >= 0.6 is 0 Å². The molecule has 114 valence electrons. The molecule has 1 rings (SSSR count). The highest BCUT2D eigenvalue weighted by molar-refractivity contribution is 5.84. The lowest BCUT2D eigenvalue weighted by atomic mass is 9.96. The molecule has 1 fully saturated rings. The lowest BCUT2D eigenvalue weighted by molar-refractivity contribution is -0.150. The normalized spacial score (nSPS) is 18.5. The number of carbonyl (C=O) groups excluding carboxylic acids is 3. The van der Waals surface area contributed by atoms with E-state index in [4.69, 9.17) is 10.5 Å². The number of esters is 1. The van der Waals surface area contributed by atoms with Crippen LogP contribution in [0.2, 0.25) is 0 Å². The van der Waals surface area contributed by atoms with Crippen molar-refractivity contribution in [1.29, 1.82) is 0 Å². The molecule has 1 unspecified atom stereocenters. The van der Waals surface area contributed by atoms with Gasteiger partial charge in [0.1, 0.15) is 6.54 Å². The van der Waals surface area contributed by atoms with Crippen LogP contribution in [0.25, 0.3) is 0 Å². The molecule has 0 spiro atoms. The van der Waals surface area contributed by atoms with Gasteiger partial charge in [-0.15, -0.1) is 0 Å². The van der Waals surface area contributed by atoms with Crippen LogP contribution in [0.15, 0.2) is 0 Å². The minimum atomic E-state index is -0.504. The molecule has 0 aromatic heterocycles. The molecule has 7 nitrogen and oxygen atoms in total. The van der Waals surface area contributed by atoms with Crippen molar-refractivity contribution in [2.24, 2.45) is 11.7 Å². The van der Waals surface area contributed by atoms with Crippen molar-refractivity contribution < 1.29 is 19.1 Å². The van der Waals surface area contributed by atoms with Gasteiger partial charge in [0.25, 0.3) is 0 Å². The number of ether oxygens (including phenoxy) is 1. The van der Waals surface area contributed by atoms with Crippen molar-refractivity contribution in [3.05, 3.63) is 0 Å². The molecule has 1 saturated heterocycles. The number of amides is 3. The summed E-state index contributed by atoms with van der Waals surface area (Å²) in [5, 5.41) is 0. The van der Waals surface area contributed by atoms with Crippen molar-refractivity contribution >= 4 is 17.9 Å².